The third-order valence-electron chi connectivity index (χ3n) is 2.76. The zero-order valence-corrected chi connectivity index (χ0v) is 11.8. The molecule has 0 unspecified atom stereocenters. The number of halogens is 1. The molecule has 0 nitrogen and oxygen atoms in total. The molecule has 0 atom stereocenters. The Morgan fingerprint density at radius 3 is 1.62 bits per heavy atom. The summed E-state index contributed by atoms with van der Waals surface area (Å²) < 4.78 is 12.5. The summed E-state index contributed by atoms with van der Waals surface area (Å²) in [6.45, 7) is 11.9. The van der Waals surface area contributed by atoms with Crippen LogP contribution in [-0.2, 0) is 0 Å². The highest BCUT2D eigenvalue weighted by Gasteiger charge is 2.32. The maximum atomic E-state index is 12.5. The lowest BCUT2D eigenvalue weighted by Gasteiger charge is -2.29. The summed E-state index contributed by atoms with van der Waals surface area (Å²) in [5, 5.41) is 0. The first-order chi connectivity index (χ1) is 7.68. The van der Waals surface area contributed by atoms with Crippen molar-refractivity contribution >= 4 is 0 Å². The topological polar surface area (TPSA) is 0 Å². The van der Waals surface area contributed by atoms with Crippen LogP contribution >= 0.6 is 0 Å². The standard InChI is InChI=1S/C7H16.C6H9F.C2H6/c1-3-5-7-6-4-2;1-2-6(7)4-3-5-6;1-2/h3-7H2,1-2H3;2H,1,3-5H2;1-2H3. The molecular weight excluding hydrogens is 199 g/mol. The predicted octanol–water partition coefficient (Wildman–Crippen LogP) is 6.07. The summed E-state index contributed by atoms with van der Waals surface area (Å²) >= 11 is 0. The highest BCUT2D eigenvalue weighted by molar-refractivity contribution is 5.02. The van der Waals surface area contributed by atoms with Crippen molar-refractivity contribution in [2.45, 2.75) is 84.7 Å². The van der Waals surface area contributed by atoms with E-state index < -0.39 is 5.67 Å². The van der Waals surface area contributed by atoms with Crippen LogP contribution in [-0.4, -0.2) is 5.67 Å². The first kappa shape index (κ1) is 18.0. The lowest BCUT2D eigenvalue weighted by molar-refractivity contribution is 0.120. The molecule has 16 heavy (non-hydrogen) atoms. The third kappa shape index (κ3) is 10.2. The van der Waals surface area contributed by atoms with Crippen molar-refractivity contribution < 1.29 is 4.39 Å². The Balaban J connectivity index is 0. The van der Waals surface area contributed by atoms with Gasteiger partial charge in [0, 0.05) is 0 Å². The molecule has 0 N–H and O–H groups in total. The zero-order chi connectivity index (χ0) is 12.9. The summed E-state index contributed by atoms with van der Waals surface area (Å²) in [4.78, 5) is 0. The average molecular weight is 230 g/mol. The van der Waals surface area contributed by atoms with E-state index in [1.807, 2.05) is 13.8 Å². The van der Waals surface area contributed by atoms with Gasteiger partial charge in [0.15, 0.2) is 0 Å². The van der Waals surface area contributed by atoms with Gasteiger partial charge in [-0.3, -0.25) is 0 Å². The molecule has 1 aliphatic rings. The van der Waals surface area contributed by atoms with Gasteiger partial charge in [-0.05, 0) is 19.3 Å². The maximum Gasteiger partial charge on any atom is 0.128 e. The van der Waals surface area contributed by atoms with Crippen molar-refractivity contribution in [1.29, 1.82) is 0 Å². The fourth-order valence-corrected chi connectivity index (χ4v) is 1.40. The lowest BCUT2D eigenvalue weighted by Crippen LogP contribution is -2.28. The first-order valence-corrected chi connectivity index (χ1v) is 7.01. The molecule has 0 heterocycles. The zero-order valence-electron chi connectivity index (χ0n) is 11.8. The second-order valence-corrected chi connectivity index (χ2v) is 4.15. The monoisotopic (exact) mass is 230 g/mol. The van der Waals surface area contributed by atoms with Crippen molar-refractivity contribution in [3.63, 3.8) is 0 Å². The minimum absolute atomic E-state index is 0.691. The highest BCUT2D eigenvalue weighted by atomic mass is 19.1. The van der Waals surface area contributed by atoms with Gasteiger partial charge in [0.1, 0.15) is 5.67 Å². The Morgan fingerprint density at radius 2 is 1.50 bits per heavy atom. The Kier molecular flexibility index (Phi) is 14.4. The summed E-state index contributed by atoms with van der Waals surface area (Å²) in [7, 11) is 0. The van der Waals surface area contributed by atoms with Crippen LogP contribution in [0.15, 0.2) is 12.7 Å². The smallest absolute Gasteiger partial charge is 0.128 e. The minimum Gasteiger partial charge on any atom is -0.239 e. The van der Waals surface area contributed by atoms with Crippen LogP contribution in [0.1, 0.15) is 79.1 Å². The van der Waals surface area contributed by atoms with Gasteiger partial charge in [-0.2, -0.15) is 0 Å². The predicted molar refractivity (Wildman–Crippen MR) is 73.7 cm³/mol. The van der Waals surface area contributed by atoms with Crippen LogP contribution in [0.4, 0.5) is 4.39 Å². The first-order valence-electron chi connectivity index (χ1n) is 7.01. The van der Waals surface area contributed by atoms with Gasteiger partial charge < -0.3 is 0 Å². The van der Waals surface area contributed by atoms with E-state index in [9.17, 15) is 4.39 Å². The molecule has 1 rings (SSSR count). The van der Waals surface area contributed by atoms with Crippen LogP contribution < -0.4 is 0 Å². The quantitative estimate of drug-likeness (QED) is 0.397. The van der Waals surface area contributed by atoms with Gasteiger partial charge in [0.2, 0.25) is 0 Å². The number of hydrogen-bond donors (Lipinski definition) is 0. The summed E-state index contributed by atoms with van der Waals surface area (Å²) in [5.74, 6) is 0. The molecule has 1 saturated carbocycles. The minimum atomic E-state index is -0.972. The van der Waals surface area contributed by atoms with Gasteiger partial charge in [0.05, 0.1) is 0 Å². The molecule has 0 aliphatic heterocycles. The number of rotatable bonds is 5. The van der Waals surface area contributed by atoms with E-state index in [0.717, 1.165) is 6.42 Å². The van der Waals surface area contributed by atoms with Crippen LogP contribution in [0.3, 0.4) is 0 Å². The number of hydrogen-bond acceptors (Lipinski definition) is 0. The van der Waals surface area contributed by atoms with Gasteiger partial charge in [-0.1, -0.05) is 72.5 Å². The van der Waals surface area contributed by atoms with E-state index in [4.69, 9.17) is 0 Å². The molecule has 0 aromatic rings. The molecule has 0 spiro atoms. The fraction of sp³-hybridized carbons (Fsp3) is 0.867. The van der Waals surface area contributed by atoms with E-state index >= 15 is 0 Å². The summed E-state index contributed by atoms with van der Waals surface area (Å²) in [6.07, 6.45) is 10.8. The van der Waals surface area contributed by atoms with Crippen molar-refractivity contribution in [3.05, 3.63) is 12.7 Å². The van der Waals surface area contributed by atoms with Crippen molar-refractivity contribution in [2.24, 2.45) is 0 Å². The normalized spacial score (nSPS) is 15.8. The molecule has 0 amide bonds. The summed E-state index contributed by atoms with van der Waals surface area (Å²) in [5.41, 5.74) is -0.972. The lowest BCUT2D eigenvalue weighted by atomic mass is 9.82. The third-order valence-corrected chi connectivity index (χ3v) is 2.76. The van der Waals surface area contributed by atoms with Crippen molar-refractivity contribution in [2.75, 3.05) is 0 Å². The number of unbranched alkanes of at least 4 members (excludes halogenated alkanes) is 4. The van der Waals surface area contributed by atoms with Crippen LogP contribution in [0, 0.1) is 0 Å². The Labute approximate surface area is 102 Å². The van der Waals surface area contributed by atoms with Crippen molar-refractivity contribution in [1.82, 2.24) is 0 Å². The van der Waals surface area contributed by atoms with Crippen LogP contribution in [0.2, 0.25) is 0 Å². The molecule has 0 aromatic heterocycles. The molecule has 0 radical (unpaired) electrons. The van der Waals surface area contributed by atoms with Gasteiger partial charge in [0.25, 0.3) is 0 Å². The number of allylic oxidation sites excluding steroid dienone is 1. The molecule has 1 aliphatic carbocycles. The molecule has 0 saturated heterocycles. The second-order valence-electron chi connectivity index (χ2n) is 4.15. The SMILES string of the molecule is C=CC1(F)CCC1.CC.CCCCCCC. The molecule has 1 heteroatoms. The average Bonchev–Trinajstić information content (AvgIpc) is 2.30. The molecule has 98 valence electrons. The molecular formula is C15H31F. The van der Waals surface area contributed by atoms with Gasteiger partial charge in [-0.25, -0.2) is 4.39 Å². The molecule has 1 fully saturated rings. The van der Waals surface area contributed by atoms with Crippen molar-refractivity contribution in [3.8, 4) is 0 Å². The maximum absolute atomic E-state index is 12.5. The van der Waals surface area contributed by atoms with E-state index in [1.54, 1.807) is 0 Å². The van der Waals surface area contributed by atoms with E-state index in [-0.39, 0.29) is 0 Å². The fourth-order valence-electron chi connectivity index (χ4n) is 1.40. The van der Waals surface area contributed by atoms with E-state index in [1.165, 1.54) is 38.2 Å². The highest BCUT2D eigenvalue weighted by Crippen LogP contribution is 2.36. The Morgan fingerprint density at radius 1 is 1.06 bits per heavy atom. The molecule has 0 bridgehead atoms. The molecule has 0 aromatic carbocycles. The van der Waals surface area contributed by atoms with Gasteiger partial charge >= 0.3 is 0 Å². The number of alkyl halides is 1. The second kappa shape index (κ2) is 12.7. The Bertz CT molecular complexity index is 132. The van der Waals surface area contributed by atoms with Crippen LogP contribution in [0.25, 0.3) is 0 Å². The largest absolute Gasteiger partial charge is 0.239 e. The van der Waals surface area contributed by atoms with Gasteiger partial charge in [-0.15, -0.1) is 0 Å². The Hall–Kier alpha value is -0.330. The summed E-state index contributed by atoms with van der Waals surface area (Å²) in [6, 6.07) is 0. The van der Waals surface area contributed by atoms with Crippen LogP contribution in [0.5, 0.6) is 0 Å². The van der Waals surface area contributed by atoms with E-state index in [0.29, 0.717) is 12.8 Å². The van der Waals surface area contributed by atoms with E-state index in [2.05, 4.69) is 20.4 Å².